The van der Waals surface area contributed by atoms with Crippen molar-refractivity contribution in [2.45, 2.75) is 24.8 Å². The highest BCUT2D eigenvalue weighted by Gasteiger charge is 2.40. The minimum absolute atomic E-state index is 0.0188. The van der Waals surface area contributed by atoms with Gasteiger partial charge >= 0.3 is 5.69 Å². The molecule has 0 bridgehead atoms. The van der Waals surface area contributed by atoms with Gasteiger partial charge in [0.25, 0.3) is 5.56 Å². The van der Waals surface area contributed by atoms with Gasteiger partial charge in [-0.15, -0.1) is 0 Å². The van der Waals surface area contributed by atoms with Gasteiger partial charge in [0.05, 0.1) is 32.0 Å². The molecule has 3 unspecified atom stereocenters. The lowest BCUT2D eigenvalue weighted by Crippen LogP contribution is -2.47. The van der Waals surface area contributed by atoms with E-state index in [0.29, 0.717) is 19.6 Å². The van der Waals surface area contributed by atoms with Gasteiger partial charge in [0.15, 0.2) is 6.23 Å². The number of nitrogens with zero attached hydrogens (tertiary/aromatic N) is 2. The summed E-state index contributed by atoms with van der Waals surface area (Å²) in [5, 5.41) is 9.35. The van der Waals surface area contributed by atoms with Crippen LogP contribution in [0.15, 0.2) is 21.9 Å². The summed E-state index contributed by atoms with van der Waals surface area (Å²) in [6.07, 6.45) is 1.28. The molecule has 0 aromatic carbocycles. The van der Waals surface area contributed by atoms with Crippen LogP contribution in [-0.4, -0.2) is 64.6 Å². The molecule has 0 spiro atoms. The molecule has 0 radical (unpaired) electrons. The van der Waals surface area contributed by atoms with Crippen molar-refractivity contribution in [2.24, 2.45) is 0 Å². The number of aromatic amines is 1. The molecule has 2 fully saturated rings. The monoisotopic (exact) mass is 297 g/mol. The van der Waals surface area contributed by atoms with E-state index < -0.39 is 17.5 Å². The Balaban J connectivity index is 1.89. The van der Waals surface area contributed by atoms with Crippen molar-refractivity contribution < 1.29 is 14.6 Å². The highest BCUT2D eigenvalue weighted by atomic mass is 16.5. The van der Waals surface area contributed by atoms with Crippen LogP contribution in [0.1, 0.15) is 12.6 Å². The summed E-state index contributed by atoms with van der Waals surface area (Å²) in [7, 11) is 0. The molecular weight excluding hydrogens is 278 g/mol. The zero-order valence-corrected chi connectivity index (χ0v) is 11.6. The fourth-order valence-corrected chi connectivity index (χ4v) is 2.96. The highest BCUT2D eigenvalue weighted by molar-refractivity contribution is 4.93. The number of aliphatic hydroxyl groups excluding tert-OH is 1. The molecule has 2 aliphatic heterocycles. The Labute approximate surface area is 120 Å². The lowest BCUT2D eigenvalue weighted by molar-refractivity contribution is -0.0577. The van der Waals surface area contributed by atoms with E-state index in [1.165, 1.54) is 16.8 Å². The van der Waals surface area contributed by atoms with Crippen LogP contribution < -0.4 is 11.2 Å². The Bertz CT molecular complexity index is 592. The number of hydrogen-bond donors (Lipinski definition) is 2. The van der Waals surface area contributed by atoms with Gasteiger partial charge in [0, 0.05) is 25.4 Å². The summed E-state index contributed by atoms with van der Waals surface area (Å²) in [6.45, 7) is 2.73. The third-order valence-corrected chi connectivity index (χ3v) is 4.01. The molecule has 116 valence electrons. The lowest BCUT2D eigenvalue weighted by atomic mass is 10.1. The molecular formula is C13H19N3O5. The van der Waals surface area contributed by atoms with E-state index >= 15 is 0 Å². The first kappa shape index (κ1) is 14.5. The van der Waals surface area contributed by atoms with Crippen LogP contribution in [0.5, 0.6) is 0 Å². The topological polar surface area (TPSA) is 96.8 Å². The fraction of sp³-hybridized carbons (Fsp3) is 0.692. The van der Waals surface area contributed by atoms with Gasteiger partial charge in [-0.25, -0.2) is 4.79 Å². The van der Waals surface area contributed by atoms with Crippen LogP contribution >= 0.6 is 0 Å². The van der Waals surface area contributed by atoms with Gasteiger partial charge in [0.2, 0.25) is 0 Å². The third kappa shape index (κ3) is 2.93. The molecule has 3 atom stereocenters. The quantitative estimate of drug-likeness (QED) is 0.706. The zero-order valence-electron chi connectivity index (χ0n) is 11.6. The molecule has 8 heteroatoms. The van der Waals surface area contributed by atoms with Crippen LogP contribution in [0, 0.1) is 0 Å². The maximum absolute atomic E-state index is 12.0. The number of hydrogen-bond acceptors (Lipinski definition) is 6. The predicted molar refractivity (Wildman–Crippen MR) is 73.1 cm³/mol. The summed E-state index contributed by atoms with van der Waals surface area (Å²) >= 11 is 0. The summed E-state index contributed by atoms with van der Waals surface area (Å²) in [5.74, 6) is 0. The molecule has 1 aromatic heterocycles. The van der Waals surface area contributed by atoms with Gasteiger partial charge in [-0.1, -0.05) is 0 Å². The number of ether oxygens (including phenoxy) is 2. The SMILES string of the molecule is O=c1ccn(C2OC(CO)CC2N2CCOCC2)c(=O)[nH]1. The minimum atomic E-state index is -0.510. The van der Waals surface area contributed by atoms with Gasteiger partial charge in [-0.05, 0) is 6.42 Å². The second-order valence-electron chi connectivity index (χ2n) is 5.30. The maximum Gasteiger partial charge on any atom is 0.330 e. The van der Waals surface area contributed by atoms with E-state index in [0.717, 1.165) is 13.1 Å². The largest absolute Gasteiger partial charge is 0.394 e. The first-order valence-electron chi connectivity index (χ1n) is 7.08. The minimum Gasteiger partial charge on any atom is -0.394 e. The Kier molecular flexibility index (Phi) is 4.20. The summed E-state index contributed by atoms with van der Waals surface area (Å²) < 4.78 is 12.5. The van der Waals surface area contributed by atoms with Gasteiger partial charge < -0.3 is 14.6 Å². The summed E-state index contributed by atoms with van der Waals surface area (Å²) in [5.41, 5.74) is -0.930. The van der Waals surface area contributed by atoms with Crippen LogP contribution in [0.4, 0.5) is 0 Å². The maximum atomic E-state index is 12.0. The number of rotatable bonds is 3. The average molecular weight is 297 g/mol. The van der Waals surface area contributed by atoms with Crippen molar-refractivity contribution in [3.8, 4) is 0 Å². The average Bonchev–Trinajstić information content (AvgIpc) is 2.92. The van der Waals surface area contributed by atoms with Crippen molar-refractivity contribution in [2.75, 3.05) is 32.9 Å². The van der Waals surface area contributed by atoms with Crippen molar-refractivity contribution in [3.63, 3.8) is 0 Å². The number of aliphatic hydroxyl groups is 1. The smallest absolute Gasteiger partial charge is 0.330 e. The molecule has 0 aliphatic carbocycles. The molecule has 2 saturated heterocycles. The van der Waals surface area contributed by atoms with Crippen molar-refractivity contribution in [1.29, 1.82) is 0 Å². The number of nitrogens with one attached hydrogen (secondary N) is 1. The second kappa shape index (κ2) is 6.10. The molecule has 0 saturated carbocycles. The molecule has 1 aromatic rings. The highest BCUT2D eigenvalue weighted by Crippen LogP contribution is 2.31. The summed E-state index contributed by atoms with van der Waals surface area (Å²) in [6, 6.07) is 1.28. The van der Waals surface area contributed by atoms with Crippen molar-refractivity contribution in [1.82, 2.24) is 14.5 Å². The summed E-state index contributed by atoms with van der Waals surface area (Å²) in [4.78, 5) is 27.6. The van der Waals surface area contributed by atoms with Gasteiger partial charge in [-0.2, -0.15) is 0 Å². The van der Waals surface area contributed by atoms with Crippen molar-refractivity contribution >= 4 is 0 Å². The Morgan fingerprint density at radius 3 is 2.76 bits per heavy atom. The van der Waals surface area contributed by atoms with Crippen LogP contribution in [0.2, 0.25) is 0 Å². The number of aromatic nitrogens is 2. The third-order valence-electron chi connectivity index (χ3n) is 4.01. The van der Waals surface area contributed by atoms with E-state index in [2.05, 4.69) is 9.88 Å². The van der Waals surface area contributed by atoms with E-state index in [4.69, 9.17) is 9.47 Å². The van der Waals surface area contributed by atoms with E-state index in [-0.39, 0.29) is 18.8 Å². The fourth-order valence-electron chi connectivity index (χ4n) is 2.96. The van der Waals surface area contributed by atoms with E-state index in [1.54, 1.807) is 0 Å². The van der Waals surface area contributed by atoms with E-state index in [9.17, 15) is 14.7 Å². The zero-order chi connectivity index (χ0) is 14.8. The Hall–Kier alpha value is -1.48. The number of H-pyrrole nitrogens is 1. The molecule has 2 N–H and O–H groups in total. The van der Waals surface area contributed by atoms with Gasteiger partial charge in [-0.3, -0.25) is 19.2 Å². The Morgan fingerprint density at radius 1 is 1.33 bits per heavy atom. The molecule has 3 heterocycles. The molecule has 0 amide bonds. The van der Waals surface area contributed by atoms with Crippen molar-refractivity contribution in [3.05, 3.63) is 33.1 Å². The molecule has 21 heavy (non-hydrogen) atoms. The molecule has 3 rings (SSSR count). The first-order valence-corrected chi connectivity index (χ1v) is 7.08. The van der Waals surface area contributed by atoms with E-state index in [1.807, 2.05) is 0 Å². The molecule has 8 nitrogen and oxygen atoms in total. The van der Waals surface area contributed by atoms with Crippen LogP contribution in [-0.2, 0) is 9.47 Å². The van der Waals surface area contributed by atoms with Crippen LogP contribution in [0.25, 0.3) is 0 Å². The molecule has 2 aliphatic rings. The number of morpholine rings is 1. The normalized spacial score (nSPS) is 30.6. The van der Waals surface area contributed by atoms with Crippen LogP contribution in [0.3, 0.4) is 0 Å². The Morgan fingerprint density at radius 2 is 2.10 bits per heavy atom. The standard InChI is InChI=1S/C13H19N3O5/c17-8-9-7-10(15-3-5-20-6-4-15)12(21-9)16-2-1-11(18)14-13(16)19/h1-2,9-10,12,17H,3-8H2,(H,14,18,19). The second-order valence-corrected chi connectivity index (χ2v) is 5.30. The van der Waals surface area contributed by atoms with Gasteiger partial charge in [0.1, 0.15) is 0 Å². The lowest BCUT2D eigenvalue weighted by Gasteiger charge is -2.34. The predicted octanol–water partition coefficient (Wildman–Crippen LogP) is -1.48. The first-order chi connectivity index (χ1) is 10.2.